The number of nitrogens with zero attached hydrogens (tertiary/aromatic N) is 5. The van der Waals surface area contributed by atoms with Gasteiger partial charge < -0.3 is 10.0 Å². The van der Waals surface area contributed by atoms with Crippen LogP contribution in [0.1, 0.15) is 6.42 Å². The third-order valence-corrected chi connectivity index (χ3v) is 4.40. The maximum atomic E-state index is 14.1. The van der Waals surface area contributed by atoms with E-state index in [0.29, 0.717) is 11.0 Å². The van der Waals surface area contributed by atoms with Crippen molar-refractivity contribution in [1.82, 2.24) is 19.7 Å². The Labute approximate surface area is 146 Å². The third kappa shape index (κ3) is 2.85. The number of rotatable bonds is 3. The molecule has 1 fully saturated rings. The van der Waals surface area contributed by atoms with Gasteiger partial charge in [-0.2, -0.15) is 5.10 Å². The van der Waals surface area contributed by atoms with Crippen LogP contribution in [0.15, 0.2) is 42.9 Å². The lowest BCUT2D eigenvalue weighted by Crippen LogP contribution is -2.49. The van der Waals surface area contributed by atoms with Gasteiger partial charge in [0.05, 0.1) is 29.7 Å². The van der Waals surface area contributed by atoms with E-state index in [9.17, 15) is 18.7 Å². The van der Waals surface area contributed by atoms with Crippen molar-refractivity contribution in [3.05, 3.63) is 42.9 Å². The van der Waals surface area contributed by atoms with E-state index < -0.39 is 30.8 Å². The molecule has 1 aromatic carbocycles. The predicted octanol–water partition coefficient (Wildman–Crippen LogP) is 2.36. The number of carbonyl (C=O) groups is 1. The first-order valence-corrected chi connectivity index (χ1v) is 8.04. The Kier molecular flexibility index (Phi) is 3.78. The van der Waals surface area contributed by atoms with Crippen LogP contribution in [0.3, 0.4) is 0 Å². The number of aliphatic carboxylic acids is 1. The van der Waals surface area contributed by atoms with Crippen LogP contribution in [0.25, 0.3) is 16.7 Å². The van der Waals surface area contributed by atoms with Crippen LogP contribution < -0.4 is 4.90 Å². The van der Waals surface area contributed by atoms with Gasteiger partial charge in [-0.3, -0.25) is 4.79 Å². The fourth-order valence-electron chi connectivity index (χ4n) is 3.27. The molecular formula is C17H15F2N5O2. The number of aromatic nitrogens is 4. The molecule has 3 aromatic rings. The van der Waals surface area contributed by atoms with Crippen LogP contribution in [0.5, 0.6) is 0 Å². The summed E-state index contributed by atoms with van der Waals surface area (Å²) in [5.41, 5.74) is 1.25. The second kappa shape index (κ2) is 6.01. The second-order valence-corrected chi connectivity index (χ2v) is 6.30. The number of piperidine rings is 1. The van der Waals surface area contributed by atoms with E-state index in [2.05, 4.69) is 15.1 Å². The van der Waals surface area contributed by atoms with E-state index in [1.807, 2.05) is 30.3 Å². The van der Waals surface area contributed by atoms with E-state index in [4.69, 9.17) is 0 Å². The normalized spacial score (nSPS) is 19.6. The molecule has 9 heteroatoms. The Morgan fingerprint density at radius 3 is 2.73 bits per heavy atom. The Balaban J connectivity index is 1.78. The largest absolute Gasteiger partial charge is 0.481 e. The van der Waals surface area contributed by atoms with Crippen molar-refractivity contribution in [2.75, 3.05) is 18.0 Å². The van der Waals surface area contributed by atoms with E-state index in [1.165, 1.54) is 17.4 Å². The Hall–Kier alpha value is -3.10. The topological polar surface area (TPSA) is 84.1 Å². The van der Waals surface area contributed by atoms with Gasteiger partial charge in [0.1, 0.15) is 12.1 Å². The Bertz CT molecular complexity index is 960. The van der Waals surface area contributed by atoms with E-state index in [0.717, 1.165) is 5.69 Å². The lowest BCUT2D eigenvalue weighted by molar-refractivity contribution is -0.146. The van der Waals surface area contributed by atoms with Gasteiger partial charge in [-0.05, 0) is 12.1 Å². The number of benzene rings is 1. The molecule has 0 radical (unpaired) electrons. The molecule has 0 saturated carbocycles. The number of carboxylic acids is 1. The summed E-state index contributed by atoms with van der Waals surface area (Å²) in [6.07, 6.45) is 2.12. The molecule has 1 atom stereocenters. The van der Waals surface area contributed by atoms with Gasteiger partial charge in [0, 0.05) is 13.0 Å². The van der Waals surface area contributed by atoms with Crippen molar-refractivity contribution in [2.24, 2.45) is 5.92 Å². The summed E-state index contributed by atoms with van der Waals surface area (Å²) >= 11 is 0. The van der Waals surface area contributed by atoms with E-state index in [1.54, 1.807) is 4.68 Å². The molecule has 2 aromatic heterocycles. The van der Waals surface area contributed by atoms with Gasteiger partial charge in [0.25, 0.3) is 5.92 Å². The van der Waals surface area contributed by atoms with Crippen molar-refractivity contribution >= 4 is 22.8 Å². The number of anilines is 1. The maximum absolute atomic E-state index is 14.1. The fourth-order valence-corrected chi connectivity index (χ4v) is 3.27. The summed E-state index contributed by atoms with van der Waals surface area (Å²) in [5.74, 6) is -5.23. The molecule has 4 rings (SSSR count). The average molecular weight is 359 g/mol. The highest BCUT2D eigenvalue weighted by Crippen LogP contribution is 2.35. The average Bonchev–Trinajstić information content (AvgIpc) is 3.05. The quantitative estimate of drug-likeness (QED) is 0.773. The number of hydrogen-bond acceptors (Lipinski definition) is 5. The Morgan fingerprint density at radius 2 is 2.00 bits per heavy atom. The van der Waals surface area contributed by atoms with Crippen LogP contribution in [-0.4, -0.2) is 49.8 Å². The zero-order valence-corrected chi connectivity index (χ0v) is 13.6. The van der Waals surface area contributed by atoms with Gasteiger partial charge in [-0.15, -0.1) is 0 Å². The molecule has 1 aliphatic rings. The minimum atomic E-state index is -3.10. The standard InChI is InChI=1S/C17H15F2N5O2/c18-17(19)6-11(16(25)26)8-23(9-17)14-13-7-22-24(15(13)21-10-20-14)12-4-2-1-3-5-12/h1-5,7,10-11H,6,8-9H2,(H,25,26). The van der Waals surface area contributed by atoms with Crippen molar-refractivity contribution in [1.29, 1.82) is 0 Å². The molecule has 3 heterocycles. The molecule has 0 spiro atoms. The molecular weight excluding hydrogens is 344 g/mol. The molecule has 134 valence electrons. The summed E-state index contributed by atoms with van der Waals surface area (Å²) < 4.78 is 29.7. The van der Waals surface area contributed by atoms with Crippen LogP contribution in [0.2, 0.25) is 0 Å². The monoisotopic (exact) mass is 359 g/mol. The minimum absolute atomic E-state index is 0.0342. The molecule has 0 amide bonds. The first-order chi connectivity index (χ1) is 12.4. The summed E-state index contributed by atoms with van der Waals surface area (Å²) in [6.45, 7) is -0.618. The number of halogens is 2. The van der Waals surface area contributed by atoms with Gasteiger partial charge in [-0.1, -0.05) is 18.2 Å². The highest BCUT2D eigenvalue weighted by molar-refractivity contribution is 5.88. The summed E-state index contributed by atoms with van der Waals surface area (Å²) in [4.78, 5) is 20.9. The highest BCUT2D eigenvalue weighted by Gasteiger charge is 2.44. The maximum Gasteiger partial charge on any atom is 0.308 e. The number of fused-ring (bicyclic) bond motifs is 1. The Morgan fingerprint density at radius 1 is 1.23 bits per heavy atom. The SMILES string of the molecule is O=C(O)C1CN(c2ncnc3c2cnn3-c2ccccc2)CC(F)(F)C1. The van der Waals surface area contributed by atoms with E-state index >= 15 is 0 Å². The number of hydrogen-bond donors (Lipinski definition) is 1. The van der Waals surface area contributed by atoms with Gasteiger partial charge >= 0.3 is 5.97 Å². The summed E-state index contributed by atoms with van der Waals surface area (Å²) in [7, 11) is 0. The van der Waals surface area contributed by atoms with Crippen LogP contribution in [0, 0.1) is 5.92 Å². The molecule has 1 saturated heterocycles. The summed E-state index contributed by atoms with van der Waals surface area (Å²) in [6, 6.07) is 9.28. The molecule has 26 heavy (non-hydrogen) atoms. The van der Waals surface area contributed by atoms with Crippen molar-refractivity contribution < 1.29 is 18.7 Å². The zero-order chi connectivity index (χ0) is 18.3. The van der Waals surface area contributed by atoms with Gasteiger partial charge in [-0.25, -0.2) is 23.4 Å². The number of para-hydroxylation sites is 1. The van der Waals surface area contributed by atoms with Gasteiger partial charge in [0.2, 0.25) is 0 Å². The van der Waals surface area contributed by atoms with E-state index in [-0.39, 0.29) is 12.4 Å². The van der Waals surface area contributed by atoms with Crippen LogP contribution in [-0.2, 0) is 4.79 Å². The lowest BCUT2D eigenvalue weighted by atomic mass is 9.95. The molecule has 1 N–H and O–H groups in total. The lowest BCUT2D eigenvalue weighted by Gasteiger charge is -2.36. The highest BCUT2D eigenvalue weighted by atomic mass is 19.3. The molecule has 7 nitrogen and oxygen atoms in total. The van der Waals surface area contributed by atoms with Crippen LogP contribution in [0.4, 0.5) is 14.6 Å². The predicted molar refractivity (Wildman–Crippen MR) is 89.6 cm³/mol. The van der Waals surface area contributed by atoms with Crippen molar-refractivity contribution in [2.45, 2.75) is 12.3 Å². The van der Waals surface area contributed by atoms with Gasteiger partial charge in [0.15, 0.2) is 5.65 Å². The molecule has 0 aliphatic carbocycles. The van der Waals surface area contributed by atoms with Crippen molar-refractivity contribution in [3.63, 3.8) is 0 Å². The first kappa shape index (κ1) is 16.4. The second-order valence-electron chi connectivity index (χ2n) is 6.30. The molecule has 1 aliphatic heterocycles. The fraction of sp³-hybridized carbons (Fsp3) is 0.294. The number of carboxylic acid groups (broad SMARTS) is 1. The van der Waals surface area contributed by atoms with Crippen molar-refractivity contribution in [3.8, 4) is 5.69 Å². The molecule has 1 unspecified atom stereocenters. The third-order valence-electron chi connectivity index (χ3n) is 4.40. The molecule has 0 bridgehead atoms. The smallest absolute Gasteiger partial charge is 0.308 e. The first-order valence-electron chi connectivity index (χ1n) is 8.04. The minimum Gasteiger partial charge on any atom is -0.481 e. The van der Waals surface area contributed by atoms with Crippen LogP contribution >= 0.6 is 0 Å². The number of alkyl halides is 2. The summed E-state index contributed by atoms with van der Waals surface area (Å²) in [5, 5.41) is 14.0. The zero-order valence-electron chi connectivity index (χ0n) is 13.6.